The molecule has 182 valence electrons. The summed E-state index contributed by atoms with van der Waals surface area (Å²) >= 11 is 1.56. The van der Waals surface area contributed by atoms with Crippen molar-refractivity contribution < 1.29 is 23.5 Å². The van der Waals surface area contributed by atoms with Crippen molar-refractivity contribution in [2.45, 2.75) is 81.0 Å². The lowest BCUT2D eigenvalue weighted by Crippen LogP contribution is -2.46. The Morgan fingerprint density at radius 2 is 1.85 bits per heavy atom. The first-order valence-electron chi connectivity index (χ1n) is 11.1. The van der Waals surface area contributed by atoms with Crippen molar-refractivity contribution in [3.63, 3.8) is 0 Å². The standard InChI is InChI=1S/C26H37FO4SSi/c1-8-11-22(29)12-9-10-13-25(32-23-16-14-21(27)15-17-23)24(18-19-30-20(2)28)31-33(6,7)26(3,4)5/h1,9-10,12-17,22,24-25,29H,11,18-19H2,2-7H3/b12-9+,13-10-/t22-,24+,25+/m0/s1. The molecule has 0 saturated carbocycles. The summed E-state index contributed by atoms with van der Waals surface area (Å²) in [6.45, 7) is 12.5. The third kappa shape index (κ3) is 11.2. The molecule has 0 radical (unpaired) electrons. The minimum absolute atomic E-state index is 0.000720. The van der Waals surface area contributed by atoms with Crippen LogP contribution >= 0.6 is 11.8 Å². The third-order valence-corrected chi connectivity index (χ3v) is 11.3. The molecule has 1 N–H and O–H groups in total. The Labute approximate surface area is 203 Å². The number of halogens is 1. The van der Waals surface area contributed by atoms with Crippen LogP contribution in [0, 0.1) is 18.2 Å². The van der Waals surface area contributed by atoms with Crippen molar-refractivity contribution in [2.24, 2.45) is 0 Å². The number of carbonyl (C=O) groups excluding carboxylic acids is 1. The molecular formula is C26H37FO4SSi. The zero-order valence-corrected chi connectivity index (χ0v) is 22.3. The van der Waals surface area contributed by atoms with Gasteiger partial charge in [0.15, 0.2) is 8.32 Å². The highest BCUT2D eigenvalue weighted by molar-refractivity contribution is 8.00. The minimum Gasteiger partial charge on any atom is -0.466 e. The second-order valence-corrected chi connectivity index (χ2v) is 15.3. The second-order valence-electron chi connectivity index (χ2n) is 9.33. The Morgan fingerprint density at radius 1 is 1.24 bits per heavy atom. The van der Waals surface area contributed by atoms with Gasteiger partial charge in [0.1, 0.15) is 5.82 Å². The van der Waals surface area contributed by atoms with Gasteiger partial charge in [-0.1, -0.05) is 45.1 Å². The average Bonchev–Trinajstić information content (AvgIpc) is 2.70. The van der Waals surface area contributed by atoms with Gasteiger partial charge >= 0.3 is 5.97 Å². The highest BCUT2D eigenvalue weighted by atomic mass is 32.2. The summed E-state index contributed by atoms with van der Waals surface area (Å²) < 4.78 is 25.4. The molecule has 0 saturated heterocycles. The largest absolute Gasteiger partial charge is 0.466 e. The van der Waals surface area contributed by atoms with Crippen LogP contribution < -0.4 is 0 Å². The summed E-state index contributed by atoms with van der Waals surface area (Å²) in [5, 5.41) is 9.69. The number of benzene rings is 1. The smallest absolute Gasteiger partial charge is 0.302 e. The van der Waals surface area contributed by atoms with Gasteiger partial charge in [-0.3, -0.25) is 4.79 Å². The van der Waals surface area contributed by atoms with Crippen LogP contribution in [0.5, 0.6) is 0 Å². The fourth-order valence-corrected chi connectivity index (χ4v) is 5.22. The Morgan fingerprint density at radius 3 is 2.39 bits per heavy atom. The average molecular weight is 493 g/mol. The molecule has 0 heterocycles. The molecule has 1 aromatic carbocycles. The SMILES string of the molecule is C#CC[C@H](O)/C=C/C=C\[C@@H](Sc1ccc(F)cc1)[C@@H](CCOC(C)=O)O[Si](C)(C)C(C)(C)C. The van der Waals surface area contributed by atoms with E-state index in [2.05, 4.69) is 39.8 Å². The summed E-state index contributed by atoms with van der Waals surface area (Å²) in [5.41, 5.74) is 0. The molecular weight excluding hydrogens is 455 g/mol. The maximum atomic E-state index is 13.4. The molecule has 0 amide bonds. The number of allylic oxidation sites excluding steroid dienone is 2. The number of rotatable bonds is 12. The number of hydrogen-bond acceptors (Lipinski definition) is 5. The number of aliphatic hydroxyl groups excluding tert-OH is 1. The molecule has 0 aromatic heterocycles. The van der Waals surface area contributed by atoms with E-state index in [0.717, 1.165) is 4.90 Å². The van der Waals surface area contributed by atoms with E-state index in [9.17, 15) is 14.3 Å². The predicted octanol–water partition coefficient (Wildman–Crippen LogP) is 6.13. The first-order valence-corrected chi connectivity index (χ1v) is 14.8. The lowest BCUT2D eigenvalue weighted by Gasteiger charge is -2.41. The van der Waals surface area contributed by atoms with Crippen molar-refractivity contribution in [2.75, 3.05) is 6.61 Å². The van der Waals surface area contributed by atoms with Crippen molar-refractivity contribution in [1.29, 1.82) is 0 Å². The summed E-state index contributed by atoms with van der Waals surface area (Å²) in [5.74, 6) is 1.81. The van der Waals surface area contributed by atoms with E-state index >= 15 is 0 Å². The van der Waals surface area contributed by atoms with Gasteiger partial charge in [0, 0.05) is 24.7 Å². The Kier molecular flexibility index (Phi) is 12.2. The van der Waals surface area contributed by atoms with Crippen LogP contribution in [0.25, 0.3) is 0 Å². The molecule has 33 heavy (non-hydrogen) atoms. The molecule has 0 aliphatic carbocycles. The summed E-state index contributed by atoms with van der Waals surface area (Å²) in [4.78, 5) is 12.2. The first-order chi connectivity index (χ1) is 15.4. The van der Waals surface area contributed by atoms with Gasteiger partial charge < -0.3 is 14.3 Å². The van der Waals surface area contributed by atoms with Crippen molar-refractivity contribution in [1.82, 2.24) is 0 Å². The van der Waals surface area contributed by atoms with Gasteiger partial charge in [0.2, 0.25) is 0 Å². The van der Waals surface area contributed by atoms with E-state index in [1.54, 1.807) is 36.0 Å². The van der Waals surface area contributed by atoms with Crippen LogP contribution in [0.15, 0.2) is 53.5 Å². The number of esters is 1. The molecule has 1 aromatic rings. The van der Waals surface area contributed by atoms with E-state index in [1.807, 2.05) is 12.2 Å². The van der Waals surface area contributed by atoms with Gasteiger partial charge in [0.05, 0.1) is 24.1 Å². The molecule has 7 heteroatoms. The lowest BCUT2D eigenvalue weighted by atomic mass is 10.1. The third-order valence-electron chi connectivity index (χ3n) is 5.48. The van der Waals surface area contributed by atoms with E-state index in [4.69, 9.17) is 15.6 Å². The van der Waals surface area contributed by atoms with Crippen LogP contribution in [-0.4, -0.2) is 43.5 Å². The van der Waals surface area contributed by atoms with Gasteiger partial charge in [0.25, 0.3) is 0 Å². The number of terminal acetylenes is 1. The Balaban J connectivity index is 3.22. The predicted molar refractivity (Wildman–Crippen MR) is 137 cm³/mol. The van der Waals surface area contributed by atoms with Crippen LogP contribution in [0.3, 0.4) is 0 Å². The zero-order valence-electron chi connectivity index (χ0n) is 20.5. The molecule has 0 fully saturated rings. The lowest BCUT2D eigenvalue weighted by molar-refractivity contribution is -0.141. The van der Waals surface area contributed by atoms with Gasteiger partial charge in [-0.15, -0.1) is 24.1 Å². The fraction of sp³-hybridized carbons (Fsp3) is 0.500. The van der Waals surface area contributed by atoms with Crippen LogP contribution in [0.2, 0.25) is 18.1 Å². The quantitative estimate of drug-likeness (QED) is 0.125. The summed E-state index contributed by atoms with van der Waals surface area (Å²) in [6.07, 6.45) is 12.3. The van der Waals surface area contributed by atoms with Crippen LogP contribution in [0.1, 0.15) is 40.5 Å². The van der Waals surface area contributed by atoms with Gasteiger partial charge in [-0.2, -0.15) is 0 Å². The van der Waals surface area contributed by atoms with E-state index in [-0.39, 0.29) is 41.2 Å². The first kappa shape index (κ1) is 29.2. The molecule has 0 spiro atoms. The topological polar surface area (TPSA) is 55.8 Å². The van der Waals surface area contributed by atoms with Crippen molar-refractivity contribution in [3.05, 3.63) is 54.4 Å². The maximum Gasteiger partial charge on any atom is 0.302 e. The monoisotopic (exact) mass is 492 g/mol. The summed E-state index contributed by atoms with van der Waals surface area (Å²) in [6, 6.07) is 6.34. The molecule has 0 bridgehead atoms. The zero-order chi connectivity index (χ0) is 25.1. The molecule has 1 rings (SSSR count). The van der Waals surface area contributed by atoms with E-state index < -0.39 is 14.4 Å². The highest BCUT2D eigenvalue weighted by Crippen LogP contribution is 2.40. The molecule has 0 aliphatic rings. The Hall–Kier alpha value is -1.85. The molecule has 3 atom stereocenters. The van der Waals surface area contributed by atoms with E-state index in [0.29, 0.717) is 6.42 Å². The van der Waals surface area contributed by atoms with Crippen molar-refractivity contribution >= 4 is 26.0 Å². The van der Waals surface area contributed by atoms with Gasteiger partial charge in [-0.25, -0.2) is 4.39 Å². The normalized spacial score (nSPS) is 15.4. The minimum atomic E-state index is -2.14. The second kappa shape index (κ2) is 13.8. The number of aliphatic hydroxyl groups is 1. The maximum absolute atomic E-state index is 13.4. The van der Waals surface area contributed by atoms with Crippen LogP contribution in [-0.2, 0) is 14.0 Å². The Bertz CT molecular complexity index is 837. The number of ether oxygens (including phenoxy) is 1. The number of carbonyl (C=O) groups is 1. The van der Waals surface area contributed by atoms with Crippen molar-refractivity contribution in [3.8, 4) is 12.3 Å². The van der Waals surface area contributed by atoms with Crippen LogP contribution in [0.4, 0.5) is 4.39 Å². The highest BCUT2D eigenvalue weighted by Gasteiger charge is 2.40. The van der Waals surface area contributed by atoms with E-state index in [1.165, 1.54) is 19.1 Å². The molecule has 0 unspecified atom stereocenters. The number of thioether (sulfide) groups is 1. The van der Waals surface area contributed by atoms with Gasteiger partial charge in [-0.05, 0) is 42.4 Å². The molecule has 0 aliphatic heterocycles. The fourth-order valence-electron chi connectivity index (χ4n) is 2.63. The number of hydrogen-bond donors (Lipinski definition) is 1. The summed E-state index contributed by atoms with van der Waals surface area (Å²) in [7, 11) is -2.14. The molecule has 4 nitrogen and oxygen atoms in total.